The first-order valence-electron chi connectivity index (χ1n) is 13.1. The number of carbonyl (C=O) groups is 2. The Kier molecular flexibility index (Phi) is 8.65. The van der Waals surface area contributed by atoms with E-state index in [1.165, 1.54) is 6.26 Å². The highest BCUT2D eigenvalue weighted by atomic mass is 32.2. The van der Waals surface area contributed by atoms with Gasteiger partial charge in [0.2, 0.25) is 10.0 Å². The number of nitrogens with zero attached hydrogens (tertiary/aromatic N) is 2. The van der Waals surface area contributed by atoms with Gasteiger partial charge < -0.3 is 15.3 Å². The third-order valence-corrected chi connectivity index (χ3v) is 8.69. The number of benzene rings is 3. The molecule has 1 atom stereocenters. The number of halogens is 3. The Labute approximate surface area is 236 Å². The number of anilines is 1. The van der Waals surface area contributed by atoms with E-state index < -0.39 is 22.2 Å². The fraction of sp³-hybridized carbons (Fsp3) is 0.379. The van der Waals surface area contributed by atoms with Gasteiger partial charge in [0.1, 0.15) is 0 Å². The molecule has 0 aliphatic carbocycles. The summed E-state index contributed by atoms with van der Waals surface area (Å²) >= 11 is 0. The molecule has 1 fully saturated rings. The van der Waals surface area contributed by atoms with Gasteiger partial charge in [0, 0.05) is 30.1 Å². The van der Waals surface area contributed by atoms with Crippen molar-refractivity contribution in [2.45, 2.75) is 37.4 Å². The third kappa shape index (κ3) is 6.99. The maximum absolute atomic E-state index is 12.8. The van der Waals surface area contributed by atoms with Crippen LogP contribution >= 0.6 is 0 Å². The number of hydrogen-bond acceptors (Lipinski definition) is 5. The molecule has 1 amide bonds. The van der Waals surface area contributed by atoms with E-state index in [9.17, 15) is 26.4 Å². The van der Waals surface area contributed by atoms with Crippen LogP contribution in [0.3, 0.4) is 0 Å². The van der Waals surface area contributed by atoms with Crippen LogP contribution in [0.4, 0.5) is 18.9 Å². The van der Waals surface area contributed by atoms with Crippen molar-refractivity contribution in [2.24, 2.45) is 0 Å². The smallest absolute Gasteiger partial charge is 0.475 e. The average Bonchev–Trinajstić information content (AvgIpc) is 3.24. The standard InChI is InChI=1S/C27H31N3O3S.C2HF3O2/c1-20(28-26(31)23-12-11-21-7-3-4-8-22(21)17-23)18-29-15-13-27(14-16-29)19-30(34(2,32)33)25-10-6-5-9-24(25)27;3-2(4,5)1(6)7/h3-12,17,20H,13-16,18-19H2,1-2H3,(H,28,31);(H,6,7)/t20-;/m0./s1. The molecule has 0 radical (unpaired) electrons. The van der Waals surface area contributed by atoms with Gasteiger partial charge in [-0.25, -0.2) is 13.2 Å². The summed E-state index contributed by atoms with van der Waals surface area (Å²) in [5.74, 6) is -2.81. The Morgan fingerprint density at radius 2 is 1.59 bits per heavy atom. The number of hydrogen-bond donors (Lipinski definition) is 2. The average molecular weight is 592 g/mol. The molecule has 2 N–H and O–H groups in total. The van der Waals surface area contributed by atoms with E-state index in [-0.39, 0.29) is 17.4 Å². The Morgan fingerprint density at radius 1 is 1.00 bits per heavy atom. The summed E-state index contributed by atoms with van der Waals surface area (Å²) in [5.41, 5.74) is 2.52. The number of fused-ring (bicyclic) bond motifs is 3. The van der Waals surface area contributed by atoms with Gasteiger partial charge in [-0.15, -0.1) is 0 Å². The SMILES string of the molecule is C[C@@H](CN1CCC2(CC1)CN(S(C)(=O)=O)c1ccccc12)NC(=O)c1ccc2ccccc2c1.O=C(O)C(F)(F)F. The zero-order valence-corrected chi connectivity index (χ0v) is 23.5. The maximum Gasteiger partial charge on any atom is 0.490 e. The van der Waals surface area contributed by atoms with Crippen LogP contribution in [0, 0.1) is 0 Å². The minimum absolute atomic E-state index is 0.0106. The van der Waals surface area contributed by atoms with Crippen LogP contribution in [0.25, 0.3) is 10.8 Å². The fourth-order valence-corrected chi connectivity index (χ4v) is 6.54. The lowest BCUT2D eigenvalue weighted by Gasteiger charge is -2.40. The number of carboxylic acids is 1. The molecule has 2 heterocycles. The summed E-state index contributed by atoms with van der Waals surface area (Å²) in [7, 11) is -3.31. The molecule has 0 bridgehead atoms. The molecule has 1 spiro atoms. The van der Waals surface area contributed by atoms with E-state index in [2.05, 4.69) is 16.3 Å². The van der Waals surface area contributed by atoms with Crippen LogP contribution in [-0.4, -0.2) is 75.0 Å². The number of nitrogens with one attached hydrogen (secondary N) is 1. The van der Waals surface area contributed by atoms with E-state index >= 15 is 0 Å². The molecule has 12 heteroatoms. The van der Waals surface area contributed by atoms with Crippen molar-refractivity contribution in [3.05, 3.63) is 77.9 Å². The monoisotopic (exact) mass is 591 g/mol. The van der Waals surface area contributed by atoms with Crippen molar-refractivity contribution in [1.29, 1.82) is 0 Å². The third-order valence-electron chi connectivity index (χ3n) is 7.57. The highest BCUT2D eigenvalue weighted by molar-refractivity contribution is 7.92. The molecule has 8 nitrogen and oxygen atoms in total. The quantitative estimate of drug-likeness (QED) is 0.456. The Morgan fingerprint density at radius 3 is 2.20 bits per heavy atom. The molecule has 1 saturated heterocycles. The molecular weight excluding hydrogens is 559 g/mol. The maximum atomic E-state index is 12.8. The van der Waals surface area contributed by atoms with E-state index in [1.54, 1.807) is 4.31 Å². The van der Waals surface area contributed by atoms with Crippen molar-refractivity contribution in [3.63, 3.8) is 0 Å². The number of alkyl halides is 3. The minimum Gasteiger partial charge on any atom is -0.475 e. The molecule has 3 aromatic rings. The van der Waals surface area contributed by atoms with Crippen LogP contribution in [0.2, 0.25) is 0 Å². The molecule has 41 heavy (non-hydrogen) atoms. The Hall–Kier alpha value is -3.64. The first-order chi connectivity index (χ1) is 19.2. The van der Waals surface area contributed by atoms with E-state index in [0.717, 1.165) is 54.5 Å². The highest BCUT2D eigenvalue weighted by Gasteiger charge is 2.47. The predicted molar refractivity (Wildman–Crippen MR) is 151 cm³/mol. The molecule has 220 valence electrons. The number of sulfonamides is 1. The van der Waals surface area contributed by atoms with Gasteiger partial charge in [0.25, 0.3) is 5.91 Å². The zero-order valence-electron chi connectivity index (χ0n) is 22.7. The van der Waals surface area contributed by atoms with Gasteiger partial charge in [-0.3, -0.25) is 9.10 Å². The van der Waals surface area contributed by atoms with Gasteiger partial charge in [-0.2, -0.15) is 13.2 Å². The van der Waals surface area contributed by atoms with Gasteiger partial charge in [0.05, 0.1) is 11.9 Å². The first kappa shape index (κ1) is 30.3. The zero-order chi connectivity index (χ0) is 30.0. The summed E-state index contributed by atoms with van der Waals surface area (Å²) in [6.07, 6.45) is -1.99. The second-order valence-electron chi connectivity index (χ2n) is 10.6. The van der Waals surface area contributed by atoms with E-state index in [0.29, 0.717) is 12.1 Å². The van der Waals surface area contributed by atoms with Gasteiger partial charge in [-0.05, 0) is 67.4 Å². The van der Waals surface area contributed by atoms with Crippen LogP contribution in [0.15, 0.2) is 66.7 Å². The first-order valence-corrected chi connectivity index (χ1v) is 14.9. The largest absolute Gasteiger partial charge is 0.490 e. The summed E-state index contributed by atoms with van der Waals surface area (Å²) in [5, 5.41) is 12.5. The van der Waals surface area contributed by atoms with E-state index in [4.69, 9.17) is 9.90 Å². The highest BCUT2D eigenvalue weighted by Crippen LogP contribution is 2.47. The minimum atomic E-state index is -5.08. The number of likely N-dealkylation sites (tertiary alicyclic amines) is 1. The van der Waals surface area contributed by atoms with Crippen LogP contribution in [-0.2, 0) is 20.2 Å². The van der Waals surface area contributed by atoms with Crippen LogP contribution < -0.4 is 9.62 Å². The second kappa shape index (κ2) is 11.7. The Bertz CT molecular complexity index is 1540. The molecule has 0 saturated carbocycles. The number of aliphatic carboxylic acids is 1. The summed E-state index contributed by atoms with van der Waals surface area (Å²) in [6.45, 7) is 5.09. The van der Waals surface area contributed by atoms with Gasteiger partial charge in [0.15, 0.2) is 0 Å². The van der Waals surface area contributed by atoms with Crippen molar-refractivity contribution in [2.75, 3.05) is 36.7 Å². The van der Waals surface area contributed by atoms with Crippen LogP contribution in [0.5, 0.6) is 0 Å². The number of para-hydroxylation sites is 1. The molecule has 5 rings (SSSR count). The van der Waals surface area contributed by atoms with Crippen LogP contribution in [0.1, 0.15) is 35.7 Å². The van der Waals surface area contributed by atoms with Crippen molar-refractivity contribution >= 4 is 38.4 Å². The van der Waals surface area contributed by atoms with Crippen molar-refractivity contribution < 1.29 is 36.3 Å². The molecule has 2 aliphatic rings. The fourth-order valence-electron chi connectivity index (χ4n) is 5.54. The molecule has 0 aromatic heterocycles. The number of rotatable bonds is 5. The lowest BCUT2D eigenvalue weighted by Crippen LogP contribution is -2.49. The second-order valence-corrected chi connectivity index (χ2v) is 12.5. The normalized spacial score (nSPS) is 17.4. The number of piperidine rings is 1. The molecule has 3 aromatic carbocycles. The summed E-state index contributed by atoms with van der Waals surface area (Å²) in [6, 6.07) is 21.8. The Balaban J connectivity index is 0.000000493. The number of carbonyl (C=O) groups excluding carboxylic acids is 1. The van der Waals surface area contributed by atoms with Gasteiger partial charge in [-0.1, -0.05) is 48.5 Å². The van der Waals surface area contributed by atoms with Crippen molar-refractivity contribution in [1.82, 2.24) is 10.2 Å². The molecular formula is C29H32F3N3O5S. The molecule has 2 aliphatic heterocycles. The van der Waals surface area contributed by atoms with Gasteiger partial charge >= 0.3 is 12.1 Å². The lowest BCUT2D eigenvalue weighted by molar-refractivity contribution is -0.192. The van der Waals surface area contributed by atoms with Crippen molar-refractivity contribution in [3.8, 4) is 0 Å². The number of carboxylic acid groups (broad SMARTS) is 1. The predicted octanol–water partition coefficient (Wildman–Crippen LogP) is 4.40. The summed E-state index contributed by atoms with van der Waals surface area (Å²) < 4.78 is 58.1. The summed E-state index contributed by atoms with van der Waals surface area (Å²) in [4.78, 5) is 24.1. The van der Waals surface area contributed by atoms with E-state index in [1.807, 2.05) is 67.6 Å². The topological polar surface area (TPSA) is 107 Å². The molecule has 0 unspecified atom stereocenters. The number of amides is 1. The lowest BCUT2D eigenvalue weighted by atomic mass is 9.74.